The van der Waals surface area contributed by atoms with Gasteiger partial charge >= 0.3 is 17.9 Å². The molecule has 0 saturated heterocycles. The maximum absolute atomic E-state index is 12.9. The third kappa shape index (κ3) is 65.0. The average Bonchev–Trinajstić information content (AvgIpc) is 3.44. The summed E-state index contributed by atoms with van der Waals surface area (Å²) >= 11 is 0. The van der Waals surface area contributed by atoms with Crippen LogP contribution in [0.2, 0.25) is 0 Å². The van der Waals surface area contributed by atoms with Gasteiger partial charge < -0.3 is 14.2 Å². The minimum absolute atomic E-state index is 0.0670. The number of hydrogen-bond acceptors (Lipinski definition) is 6. The first-order valence-electron chi connectivity index (χ1n) is 35.7. The lowest BCUT2D eigenvalue weighted by Crippen LogP contribution is -2.30. The van der Waals surface area contributed by atoms with Crippen LogP contribution >= 0.6 is 0 Å². The van der Waals surface area contributed by atoms with Gasteiger partial charge in [0.05, 0.1) is 0 Å². The van der Waals surface area contributed by atoms with Crippen LogP contribution in [0.5, 0.6) is 0 Å². The number of esters is 3. The lowest BCUT2D eigenvalue weighted by molar-refractivity contribution is -0.167. The lowest BCUT2D eigenvalue weighted by atomic mass is 10.0. The van der Waals surface area contributed by atoms with Gasteiger partial charge in [-0.25, -0.2) is 0 Å². The van der Waals surface area contributed by atoms with E-state index in [1.807, 2.05) is 0 Å². The Hall–Kier alpha value is -1.85. The number of allylic oxidation sites excluding steroid dienone is 2. The molecule has 0 fully saturated rings. The number of unbranched alkanes of at least 4 members (excludes halogenated alkanes) is 54. The third-order valence-electron chi connectivity index (χ3n) is 16.5. The van der Waals surface area contributed by atoms with Gasteiger partial charge in [0.1, 0.15) is 13.2 Å². The average molecular weight is 1100 g/mol. The van der Waals surface area contributed by atoms with E-state index in [4.69, 9.17) is 14.2 Å². The number of ether oxygens (including phenoxy) is 3. The first-order valence-corrected chi connectivity index (χ1v) is 35.7. The van der Waals surface area contributed by atoms with Crippen LogP contribution in [0.15, 0.2) is 12.2 Å². The summed E-state index contributed by atoms with van der Waals surface area (Å²) < 4.78 is 16.9. The molecule has 0 amide bonds. The predicted octanol–water partition coefficient (Wildman–Crippen LogP) is 24.4. The minimum atomic E-state index is -0.770. The van der Waals surface area contributed by atoms with E-state index in [2.05, 4.69) is 32.9 Å². The Kier molecular flexibility index (Phi) is 66.0. The van der Waals surface area contributed by atoms with Crippen molar-refractivity contribution in [1.29, 1.82) is 0 Å². The van der Waals surface area contributed by atoms with Crippen LogP contribution in [0.4, 0.5) is 0 Å². The van der Waals surface area contributed by atoms with Crippen molar-refractivity contribution in [2.24, 2.45) is 0 Å². The van der Waals surface area contributed by atoms with Crippen LogP contribution in [-0.4, -0.2) is 37.2 Å². The van der Waals surface area contributed by atoms with Crippen molar-refractivity contribution in [2.45, 2.75) is 419 Å². The summed E-state index contributed by atoms with van der Waals surface area (Å²) in [7, 11) is 0. The monoisotopic (exact) mass is 1100 g/mol. The molecule has 462 valence electrons. The molecule has 0 spiro atoms. The third-order valence-corrected chi connectivity index (χ3v) is 16.5. The maximum atomic E-state index is 12.9. The molecule has 0 aromatic rings. The van der Waals surface area contributed by atoms with Gasteiger partial charge in [-0.3, -0.25) is 14.4 Å². The standard InChI is InChI=1S/C72H138O6/c1-4-7-10-13-16-19-22-25-27-28-29-30-31-32-33-34-35-36-37-38-39-40-41-42-43-44-45-48-50-53-56-59-62-65-71(74)77-68-69(67-76-70(73)64-61-58-55-52-49-46-24-21-18-15-12-9-6-3)78-72(75)66-63-60-57-54-51-47-26-23-20-17-14-11-8-5-2/h23,26,69H,4-22,24-25,27-68H2,1-3H3/b26-23-. The van der Waals surface area contributed by atoms with E-state index in [0.29, 0.717) is 19.3 Å². The normalized spacial score (nSPS) is 12.0. The number of carbonyl (C=O) groups is 3. The second kappa shape index (κ2) is 67.7. The smallest absolute Gasteiger partial charge is 0.306 e. The molecule has 0 aliphatic heterocycles. The summed E-state index contributed by atoms with van der Waals surface area (Å²) in [4.78, 5) is 38.3. The van der Waals surface area contributed by atoms with E-state index < -0.39 is 6.10 Å². The van der Waals surface area contributed by atoms with Gasteiger partial charge in [-0.1, -0.05) is 360 Å². The first kappa shape index (κ1) is 76.1. The van der Waals surface area contributed by atoms with Crippen LogP contribution in [0.1, 0.15) is 412 Å². The van der Waals surface area contributed by atoms with Crippen LogP contribution in [0.3, 0.4) is 0 Å². The Morgan fingerprint density at radius 3 is 0.641 bits per heavy atom. The van der Waals surface area contributed by atoms with Gasteiger partial charge in [-0.05, 0) is 44.9 Å². The van der Waals surface area contributed by atoms with Gasteiger partial charge in [0.15, 0.2) is 6.10 Å². The Morgan fingerprint density at radius 2 is 0.423 bits per heavy atom. The van der Waals surface area contributed by atoms with Gasteiger partial charge in [-0.15, -0.1) is 0 Å². The first-order chi connectivity index (χ1) is 38.5. The van der Waals surface area contributed by atoms with Crippen LogP contribution < -0.4 is 0 Å². The fourth-order valence-electron chi connectivity index (χ4n) is 11.2. The lowest BCUT2D eigenvalue weighted by Gasteiger charge is -2.18. The Morgan fingerprint density at radius 1 is 0.244 bits per heavy atom. The summed E-state index contributed by atoms with van der Waals surface area (Å²) in [5.74, 6) is -0.845. The second-order valence-corrected chi connectivity index (χ2v) is 24.5. The number of hydrogen-bond donors (Lipinski definition) is 0. The summed E-state index contributed by atoms with van der Waals surface area (Å²) in [6.07, 6.45) is 81.2. The zero-order valence-electron chi connectivity index (χ0n) is 53.2. The SMILES string of the molecule is CCCCCCC/C=C\CCCCCCCC(=O)OC(COC(=O)CCCCCCCCCCCCCCC)COC(=O)CCCCCCCCCCCCCCCCCCCCCCCCCCCCCCCCCCC. The zero-order chi connectivity index (χ0) is 56.4. The molecule has 78 heavy (non-hydrogen) atoms. The molecule has 0 rings (SSSR count). The van der Waals surface area contributed by atoms with E-state index in [9.17, 15) is 14.4 Å². The van der Waals surface area contributed by atoms with Crippen molar-refractivity contribution in [3.63, 3.8) is 0 Å². The molecule has 6 heteroatoms. The van der Waals surface area contributed by atoms with E-state index in [1.165, 1.54) is 308 Å². The van der Waals surface area contributed by atoms with Gasteiger partial charge in [-0.2, -0.15) is 0 Å². The van der Waals surface area contributed by atoms with Crippen LogP contribution in [-0.2, 0) is 28.6 Å². The summed E-state index contributed by atoms with van der Waals surface area (Å²) in [6, 6.07) is 0. The van der Waals surface area contributed by atoms with Crippen molar-refractivity contribution >= 4 is 17.9 Å². The minimum Gasteiger partial charge on any atom is -0.462 e. The molecule has 0 bridgehead atoms. The van der Waals surface area contributed by atoms with Crippen molar-refractivity contribution in [3.05, 3.63) is 12.2 Å². The Balaban J connectivity index is 4.03. The molecule has 0 aliphatic rings. The van der Waals surface area contributed by atoms with Crippen molar-refractivity contribution < 1.29 is 28.6 Å². The highest BCUT2D eigenvalue weighted by molar-refractivity contribution is 5.71. The Labute approximate surface area is 488 Å². The van der Waals surface area contributed by atoms with E-state index >= 15 is 0 Å². The molecule has 0 heterocycles. The molecular weight excluding hydrogens is 961 g/mol. The molecule has 0 aliphatic carbocycles. The molecular formula is C72H138O6. The van der Waals surface area contributed by atoms with E-state index in [1.54, 1.807) is 0 Å². The Bertz CT molecular complexity index is 1210. The van der Waals surface area contributed by atoms with E-state index in [0.717, 1.165) is 64.2 Å². The van der Waals surface area contributed by atoms with Gasteiger partial charge in [0.2, 0.25) is 0 Å². The highest BCUT2D eigenvalue weighted by atomic mass is 16.6. The molecule has 0 N–H and O–H groups in total. The molecule has 1 atom stereocenters. The predicted molar refractivity (Wildman–Crippen MR) is 340 cm³/mol. The second-order valence-electron chi connectivity index (χ2n) is 24.5. The van der Waals surface area contributed by atoms with Crippen LogP contribution in [0.25, 0.3) is 0 Å². The molecule has 0 saturated carbocycles. The molecule has 6 nitrogen and oxygen atoms in total. The molecule has 0 radical (unpaired) electrons. The number of carbonyl (C=O) groups excluding carboxylic acids is 3. The van der Waals surface area contributed by atoms with Gasteiger partial charge in [0.25, 0.3) is 0 Å². The van der Waals surface area contributed by atoms with Crippen molar-refractivity contribution in [2.75, 3.05) is 13.2 Å². The maximum Gasteiger partial charge on any atom is 0.306 e. The fourth-order valence-corrected chi connectivity index (χ4v) is 11.2. The zero-order valence-corrected chi connectivity index (χ0v) is 53.2. The van der Waals surface area contributed by atoms with Crippen molar-refractivity contribution in [3.8, 4) is 0 Å². The van der Waals surface area contributed by atoms with Crippen molar-refractivity contribution in [1.82, 2.24) is 0 Å². The quantitative estimate of drug-likeness (QED) is 0.0261. The topological polar surface area (TPSA) is 78.9 Å². The highest BCUT2D eigenvalue weighted by Gasteiger charge is 2.19. The molecule has 0 aromatic heterocycles. The van der Waals surface area contributed by atoms with Crippen LogP contribution in [0, 0.1) is 0 Å². The highest BCUT2D eigenvalue weighted by Crippen LogP contribution is 2.19. The number of rotatable bonds is 67. The molecule has 0 aromatic carbocycles. The fraction of sp³-hybridized carbons (Fsp3) is 0.931. The van der Waals surface area contributed by atoms with Gasteiger partial charge in [0, 0.05) is 19.3 Å². The van der Waals surface area contributed by atoms with E-state index in [-0.39, 0.29) is 31.1 Å². The largest absolute Gasteiger partial charge is 0.462 e. The summed E-state index contributed by atoms with van der Waals surface area (Å²) in [5.41, 5.74) is 0. The summed E-state index contributed by atoms with van der Waals surface area (Å²) in [6.45, 7) is 6.70. The summed E-state index contributed by atoms with van der Waals surface area (Å²) in [5, 5.41) is 0. The molecule has 1 unspecified atom stereocenters.